The maximum atomic E-state index is 14.0. The van der Waals surface area contributed by atoms with Gasteiger partial charge in [0.25, 0.3) is 6.43 Å². The standard InChI is InChI=1S/C23H27F2N5O/c1-27-14-16(13-26)17-11-15-7-9-30(21(15)12-18(17)23(24)25)20-6-3-5-19(28-2)22(20)29-8-4-10-31/h3,5-6,10-14,23,28-29H,4,7-9,26H2,1-2H3. The zero-order chi connectivity index (χ0) is 22.4. The fraction of sp³-hybridized carbons (Fsp3) is 0.304. The summed E-state index contributed by atoms with van der Waals surface area (Å²) >= 11 is 0. The van der Waals surface area contributed by atoms with E-state index in [1.807, 2.05) is 30.1 Å². The monoisotopic (exact) mass is 427 g/mol. The van der Waals surface area contributed by atoms with Crippen LogP contribution in [0.25, 0.3) is 5.57 Å². The zero-order valence-electron chi connectivity index (χ0n) is 17.7. The van der Waals surface area contributed by atoms with Gasteiger partial charge in [0.1, 0.15) is 6.29 Å². The molecule has 0 spiro atoms. The third-order valence-electron chi connectivity index (χ3n) is 5.31. The second kappa shape index (κ2) is 10.1. The van der Waals surface area contributed by atoms with Crippen molar-refractivity contribution in [2.45, 2.75) is 19.3 Å². The summed E-state index contributed by atoms with van der Waals surface area (Å²) in [6.07, 6.45) is 2.09. The number of fused-ring (bicyclic) bond motifs is 1. The molecule has 31 heavy (non-hydrogen) atoms. The molecule has 0 saturated carbocycles. The molecular weight excluding hydrogens is 400 g/mol. The number of nitrogens with two attached hydrogens (primary N) is 1. The van der Waals surface area contributed by atoms with Crippen molar-refractivity contribution < 1.29 is 13.6 Å². The maximum Gasteiger partial charge on any atom is 0.264 e. The summed E-state index contributed by atoms with van der Waals surface area (Å²) in [5, 5.41) is 6.46. The number of hydrogen-bond acceptors (Lipinski definition) is 6. The lowest BCUT2D eigenvalue weighted by molar-refractivity contribution is -0.107. The number of carbonyl (C=O) groups is 1. The number of para-hydroxylation sites is 1. The highest BCUT2D eigenvalue weighted by Gasteiger charge is 2.27. The lowest BCUT2D eigenvalue weighted by Crippen LogP contribution is -2.17. The molecule has 0 radical (unpaired) electrons. The Hall–Kier alpha value is -3.42. The van der Waals surface area contributed by atoms with E-state index >= 15 is 0 Å². The number of alkyl halides is 2. The number of allylic oxidation sites excluding steroid dienone is 1. The Morgan fingerprint density at radius 3 is 2.77 bits per heavy atom. The Labute approximate surface area is 180 Å². The molecule has 6 nitrogen and oxygen atoms in total. The third-order valence-corrected chi connectivity index (χ3v) is 5.31. The Bertz CT molecular complexity index is 1000. The molecule has 0 aromatic heterocycles. The SMILES string of the molecule is CN=CC(=CN)c1cc2c(cc1C(F)F)N(c1cccc(NC)c1NCCC=O)CC2. The highest BCUT2D eigenvalue weighted by molar-refractivity contribution is 6.10. The van der Waals surface area contributed by atoms with Gasteiger partial charge in [-0.1, -0.05) is 6.07 Å². The number of nitrogens with one attached hydrogen (secondary N) is 2. The minimum absolute atomic E-state index is 0.0810. The first-order chi connectivity index (χ1) is 15.0. The summed E-state index contributed by atoms with van der Waals surface area (Å²) in [4.78, 5) is 16.7. The molecule has 0 aliphatic carbocycles. The molecule has 0 unspecified atom stereocenters. The van der Waals surface area contributed by atoms with Crippen molar-refractivity contribution in [3.05, 3.63) is 53.2 Å². The van der Waals surface area contributed by atoms with Gasteiger partial charge in [-0.2, -0.15) is 0 Å². The van der Waals surface area contributed by atoms with Crippen LogP contribution in [-0.2, 0) is 11.2 Å². The molecule has 3 rings (SSSR count). The van der Waals surface area contributed by atoms with E-state index in [9.17, 15) is 13.6 Å². The predicted molar refractivity (Wildman–Crippen MR) is 124 cm³/mol. The molecule has 1 aliphatic rings. The molecule has 1 aliphatic heterocycles. The first kappa shape index (κ1) is 22.3. The summed E-state index contributed by atoms with van der Waals surface area (Å²) in [7, 11) is 3.40. The third kappa shape index (κ3) is 4.52. The van der Waals surface area contributed by atoms with Gasteiger partial charge < -0.3 is 26.1 Å². The van der Waals surface area contributed by atoms with Gasteiger partial charge in [-0.25, -0.2) is 8.78 Å². The second-order valence-corrected chi connectivity index (χ2v) is 7.11. The van der Waals surface area contributed by atoms with Crippen molar-refractivity contribution in [1.29, 1.82) is 0 Å². The summed E-state index contributed by atoms with van der Waals surface area (Å²) in [5.74, 6) is 0. The van der Waals surface area contributed by atoms with E-state index in [1.165, 1.54) is 12.4 Å². The van der Waals surface area contributed by atoms with Gasteiger partial charge in [-0.3, -0.25) is 4.99 Å². The smallest absolute Gasteiger partial charge is 0.264 e. The Balaban J connectivity index is 2.10. The van der Waals surface area contributed by atoms with Crippen molar-refractivity contribution in [2.24, 2.45) is 10.7 Å². The normalized spacial score (nSPS) is 13.7. The van der Waals surface area contributed by atoms with Crippen LogP contribution in [0.4, 0.5) is 31.5 Å². The molecule has 164 valence electrons. The number of anilines is 4. The Morgan fingerprint density at radius 2 is 2.13 bits per heavy atom. The van der Waals surface area contributed by atoms with Crippen LogP contribution in [-0.4, -0.2) is 39.7 Å². The van der Waals surface area contributed by atoms with Crippen LogP contribution in [0.15, 0.2) is 41.5 Å². The Morgan fingerprint density at radius 1 is 1.32 bits per heavy atom. The van der Waals surface area contributed by atoms with Gasteiger partial charge >= 0.3 is 0 Å². The van der Waals surface area contributed by atoms with Crippen LogP contribution in [0.2, 0.25) is 0 Å². The predicted octanol–water partition coefficient (Wildman–Crippen LogP) is 4.36. The first-order valence-corrected chi connectivity index (χ1v) is 10.1. The largest absolute Gasteiger partial charge is 0.404 e. The van der Waals surface area contributed by atoms with Crippen molar-refractivity contribution >= 4 is 40.8 Å². The number of nitrogens with zero attached hydrogens (tertiary/aromatic N) is 2. The van der Waals surface area contributed by atoms with E-state index in [1.54, 1.807) is 19.2 Å². The number of aliphatic imine (C=N–C) groups is 1. The number of benzene rings is 2. The van der Waals surface area contributed by atoms with Crippen molar-refractivity contribution in [1.82, 2.24) is 0 Å². The van der Waals surface area contributed by atoms with E-state index < -0.39 is 6.43 Å². The van der Waals surface area contributed by atoms with Gasteiger partial charge in [-0.15, -0.1) is 0 Å². The van der Waals surface area contributed by atoms with Gasteiger partial charge in [0, 0.05) is 62.8 Å². The van der Waals surface area contributed by atoms with Crippen LogP contribution in [0.5, 0.6) is 0 Å². The van der Waals surface area contributed by atoms with Crippen LogP contribution >= 0.6 is 0 Å². The molecule has 0 saturated heterocycles. The lowest BCUT2D eigenvalue weighted by atomic mass is 9.96. The summed E-state index contributed by atoms with van der Waals surface area (Å²) in [5.41, 5.74) is 10.8. The lowest BCUT2D eigenvalue weighted by Gasteiger charge is -2.26. The second-order valence-electron chi connectivity index (χ2n) is 7.11. The van der Waals surface area contributed by atoms with Crippen LogP contribution in [0.1, 0.15) is 29.5 Å². The number of rotatable bonds is 9. The molecule has 0 amide bonds. The summed E-state index contributed by atoms with van der Waals surface area (Å²) in [6, 6.07) is 9.14. The van der Waals surface area contributed by atoms with Crippen molar-refractivity contribution in [3.63, 3.8) is 0 Å². The average Bonchev–Trinajstić information content (AvgIpc) is 3.19. The van der Waals surface area contributed by atoms with Gasteiger partial charge in [0.15, 0.2) is 0 Å². The van der Waals surface area contributed by atoms with Gasteiger partial charge in [-0.05, 0) is 41.8 Å². The molecular formula is C23H27F2N5O. The maximum absolute atomic E-state index is 14.0. The number of hydrogen-bond donors (Lipinski definition) is 3. The molecule has 0 bridgehead atoms. The van der Waals surface area contributed by atoms with Gasteiger partial charge in [0.2, 0.25) is 0 Å². The molecule has 1 heterocycles. The molecule has 0 atom stereocenters. The molecule has 0 fully saturated rings. The van der Waals surface area contributed by atoms with E-state index in [0.717, 1.165) is 34.6 Å². The molecule has 2 aromatic carbocycles. The topological polar surface area (TPSA) is 82.8 Å². The minimum Gasteiger partial charge on any atom is -0.404 e. The van der Waals surface area contributed by atoms with E-state index in [4.69, 9.17) is 5.73 Å². The first-order valence-electron chi connectivity index (χ1n) is 10.1. The fourth-order valence-corrected chi connectivity index (χ4v) is 3.89. The Kier molecular flexibility index (Phi) is 7.23. The highest BCUT2D eigenvalue weighted by Crippen LogP contribution is 2.44. The minimum atomic E-state index is -2.66. The average molecular weight is 427 g/mol. The number of carbonyl (C=O) groups excluding carboxylic acids is 1. The summed E-state index contributed by atoms with van der Waals surface area (Å²) in [6.45, 7) is 1.14. The number of halogens is 2. The van der Waals surface area contributed by atoms with E-state index in [-0.39, 0.29) is 5.56 Å². The van der Waals surface area contributed by atoms with Crippen LogP contribution in [0.3, 0.4) is 0 Å². The highest BCUT2D eigenvalue weighted by atomic mass is 19.3. The molecule has 8 heteroatoms. The van der Waals surface area contributed by atoms with Gasteiger partial charge in [0.05, 0.1) is 17.1 Å². The summed E-state index contributed by atoms with van der Waals surface area (Å²) < 4.78 is 28.0. The number of aldehydes is 1. The van der Waals surface area contributed by atoms with Crippen LogP contribution in [0, 0.1) is 0 Å². The quantitative estimate of drug-likeness (QED) is 0.315. The van der Waals surface area contributed by atoms with E-state index in [0.29, 0.717) is 37.1 Å². The van der Waals surface area contributed by atoms with Crippen LogP contribution < -0.4 is 21.3 Å². The van der Waals surface area contributed by atoms with E-state index in [2.05, 4.69) is 15.6 Å². The zero-order valence-corrected chi connectivity index (χ0v) is 17.7. The van der Waals surface area contributed by atoms with Crippen molar-refractivity contribution in [3.8, 4) is 0 Å². The van der Waals surface area contributed by atoms with Crippen molar-refractivity contribution in [2.75, 3.05) is 42.7 Å². The molecule has 2 aromatic rings. The fourth-order valence-electron chi connectivity index (χ4n) is 3.89. The molecule has 4 N–H and O–H groups in total.